The second-order valence-corrected chi connectivity index (χ2v) is 16.6. The van der Waals surface area contributed by atoms with Gasteiger partial charge in [-0.05, 0) is 51.4 Å². The fraction of sp³-hybridized carbons (Fsp3) is 0.714. The Kier molecular flexibility index (Phi) is 10.4. The van der Waals surface area contributed by atoms with Crippen LogP contribution >= 0.6 is 0 Å². The maximum absolute atomic E-state index is 10.9. The Morgan fingerprint density at radius 3 is 2.29 bits per heavy atom. The van der Waals surface area contributed by atoms with Crippen molar-refractivity contribution < 1.29 is 23.7 Å². The molecule has 0 radical (unpaired) electrons. The lowest BCUT2D eigenvalue weighted by Gasteiger charge is -2.39. The van der Waals surface area contributed by atoms with Crippen molar-refractivity contribution in [3.05, 3.63) is 35.9 Å². The van der Waals surface area contributed by atoms with Crippen molar-refractivity contribution in [2.45, 2.75) is 122 Å². The molecule has 1 aromatic rings. The van der Waals surface area contributed by atoms with Gasteiger partial charge in [-0.15, -0.1) is 0 Å². The van der Waals surface area contributed by atoms with Gasteiger partial charge in [-0.3, -0.25) is 0 Å². The molecule has 1 fully saturated rings. The highest BCUT2D eigenvalue weighted by Gasteiger charge is 2.38. The first-order valence-electron chi connectivity index (χ1n) is 12.5. The molecule has 1 saturated heterocycles. The van der Waals surface area contributed by atoms with Crippen molar-refractivity contribution in [2.24, 2.45) is 0 Å². The molecule has 1 aromatic carbocycles. The monoisotopic (exact) mass is 490 g/mol. The smallest absolute Gasteiger partial charge is 0.193 e. The predicted molar refractivity (Wildman–Crippen MR) is 140 cm³/mol. The molecule has 6 heteroatoms. The van der Waals surface area contributed by atoms with Crippen LogP contribution in [0.1, 0.15) is 66.9 Å². The molecular weight excluding hydrogens is 444 g/mol. The first-order chi connectivity index (χ1) is 15.7. The van der Waals surface area contributed by atoms with E-state index in [2.05, 4.69) is 66.5 Å². The molecule has 0 bridgehead atoms. The van der Waals surface area contributed by atoms with E-state index in [1.54, 1.807) is 0 Å². The average Bonchev–Trinajstić information content (AvgIpc) is 2.70. The fourth-order valence-electron chi connectivity index (χ4n) is 3.74. The summed E-state index contributed by atoms with van der Waals surface area (Å²) in [6.45, 7) is 20.1. The van der Waals surface area contributed by atoms with Crippen molar-refractivity contribution in [1.82, 2.24) is 0 Å². The van der Waals surface area contributed by atoms with E-state index in [4.69, 9.17) is 18.6 Å². The summed E-state index contributed by atoms with van der Waals surface area (Å²) < 4.78 is 24.7. The van der Waals surface area contributed by atoms with Crippen LogP contribution in [0.3, 0.4) is 0 Å². The van der Waals surface area contributed by atoms with Crippen molar-refractivity contribution in [3.63, 3.8) is 0 Å². The van der Waals surface area contributed by atoms with Gasteiger partial charge in [-0.1, -0.05) is 62.9 Å². The molecule has 0 amide bonds. The van der Waals surface area contributed by atoms with E-state index in [0.29, 0.717) is 19.6 Å². The third kappa shape index (κ3) is 9.81. The first kappa shape index (κ1) is 29.0. The molecular formula is C28H46O5Si. The SMILES string of the molecule is C[C@H](C#C[C@@H](O)[C@H]1C[C@@H](OC(C)(C)C)C[C@@H](COCc2ccccc2)O1)O[Si](C)(C)C(C)(C)C. The van der Waals surface area contributed by atoms with Gasteiger partial charge in [0.25, 0.3) is 0 Å². The van der Waals surface area contributed by atoms with E-state index in [9.17, 15) is 5.11 Å². The lowest BCUT2D eigenvalue weighted by atomic mass is 9.96. The normalized spacial score (nSPS) is 23.6. The molecule has 1 heterocycles. The highest BCUT2D eigenvalue weighted by Crippen LogP contribution is 2.37. The maximum Gasteiger partial charge on any atom is 0.193 e. The summed E-state index contributed by atoms with van der Waals surface area (Å²) in [5, 5.41) is 11.0. The zero-order chi connectivity index (χ0) is 25.6. The van der Waals surface area contributed by atoms with Gasteiger partial charge in [0.15, 0.2) is 8.32 Å². The molecule has 34 heavy (non-hydrogen) atoms. The minimum absolute atomic E-state index is 0.0265. The molecule has 5 atom stereocenters. The molecule has 192 valence electrons. The van der Waals surface area contributed by atoms with Crippen LogP contribution in [0.15, 0.2) is 30.3 Å². The topological polar surface area (TPSA) is 57.2 Å². The maximum atomic E-state index is 10.9. The third-order valence-electron chi connectivity index (χ3n) is 6.39. The van der Waals surface area contributed by atoms with Crippen LogP contribution in [0, 0.1) is 11.8 Å². The van der Waals surface area contributed by atoms with Gasteiger partial charge in [0.05, 0.1) is 37.1 Å². The molecule has 0 aromatic heterocycles. The number of hydrogen-bond donors (Lipinski definition) is 1. The Morgan fingerprint density at radius 2 is 1.71 bits per heavy atom. The molecule has 1 aliphatic rings. The van der Waals surface area contributed by atoms with Crippen LogP contribution in [0.25, 0.3) is 0 Å². The molecule has 0 unspecified atom stereocenters. The van der Waals surface area contributed by atoms with Gasteiger partial charge >= 0.3 is 0 Å². The summed E-state index contributed by atoms with van der Waals surface area (Å²) in [5.74, 6) is 6.10. The standard InChI is InChI=1S/C28H46O5Si/c1-21(33-34(8,9)28(5,6)7)15-16-25(29)26-18-23(32-27(2,3)4)17-24(31-26)20-30-19-22-13-11-10-12-14-22/h10-14,21,23-26,29H,17-20H2,1-9H3/t21-,23+,24+,25-,26-/m1/s1. The quantitative estimate of drug-likeness (QED) is 0.374. The number of rotatable bonds is 8. The lowest BCUT2D eigenvalue weighted by Crippen LogP contribution is -2.46. The minimum atomic E-state index is -1.92. The van der Waals surface area contributed by atoms with Crippen molar-refractivity contribution in [3.8, 4) is 11.8 Å². The van der Waals surface area contributed by atoms with E-state index in [0.717, 1.165) is 12.0 Å². The number of ether oxygens (including phenoxy) is 3. The lowest BCUT2D eigenvalue weighted by molar-refractivity contribution is -0.179. The van der Waals surface area contributed by atoms with E-state index in [-0.39, 0.29) is 29.0 Å². The molecule has 2 rings (SSSR count). The summed E-state index contributed by atoms with van der Waals surface area (Å²) in [7, 11) is -1.92. The zero-order valence-electron chi connectivity index (χ0n) is 22.7. The molecule has 1 N–H and O–H groups in total. The third-order valence-corrected chi connectivity index (χ3v) is 10.9. The molecule has 0 aliphatic carbocycles. The van der Waals surface area contributed by atoms with Crippen molar-refractivity contribution in [1.29, 1.82) is 0 Å². The van der Waals surface area contributed by atoms with E-state index in [1.165, 1.54) is 0 Å². The van der Waals surface area contributed by atoms with Gasteiger partial charge in [0.1, 0.15) is 12.2 Å². The van der Waals surface area contributed by atoms with Crippen molar-refractivity contribution in [2.75, 3.05) is 6.61 Å². The zero-order valence-corrected chi connectivity index (χ0v) is 23.7. The molecule has 1 aliphatic heterocycles. The molecule has 5 nitrogen and oxygen atoms in total. The Labute approximate surface area is 208 Å². The Morgan fingerprint density at radius 1 is 1.06 bits per heavy atom. The second kappa shape index (κ2) is 12.2. The Bertz CT molecular complexity index is 800. The van der Waals surface area contributed by atoms with Gasteiger partial charge < -0.3 is 23.7 Å². The van der Waals surface area contributed by atoms with E-state index >= 15 is 0 Å². The second-order valence-electron chi connectivity index (χ2n) is 11.9. The predicted octanol–water partition coefficient (Wildman–Crippen LogP) is 5.71. The van der Waals surface area contributed by atoms with Crippen LogP contribution in [-0.2, 0) is 25.2 Å². The van der Waals surface area contributed by atoms with Crippen molar-refractivity contribution >= 4 is 8.32 Å². The van der Waals surface area contributed by atoms with Gasteiger partial charge in [-0.25, -0.2) is 0 Å². The highest BCUT2D eigenvalue weighted by atomic mass is 28.4. The molecule has 0 saturated carbocycles. The summed E-state index contributed by atoms with van der Waals surface area (Å²) in [6.07, 6.45) is -0.445. The summed E-state index contributed by atoms with van der Waals surface area (Å²) in [4.78, 5) is 0. The van der Waals surface area contributed by atoms with Crippen LogP contribution in [0.4, 0.5) is 0 Å². The number of hydrogen-bond acceptors (Lipinski definition) is 5. The Balaban J connectivity index is 2.01. The number of benzene rings is 1. The first-order valence-corrected chi connectivity index (χ1v) is 15.4. The summed E-state index contributed by atoms with van der Waals surface area (Å²) in [6, 6.07) is 10.1. The minimum Gasteiger partial charge on any atom is -0.404 e. The largest absolute Gasteiger partial charge is 0.404 e. The summed E-state index contributed by atoms with van der Waals surface area (Å²) >= 11 is 0. The van der Waals surface area contributed by atoms with E-state index in [1.807, 2.05) is 37.3 Å². The Hall–Kier alpha value is -1.20. The van der Waals surface area contributed by atoms with Gasteiger partial charge in [-0.2, -0.15) is 0 Å². The van der Waals surface area contributed by atoms with Crippen LogP contribution in [-0.4, -0.2) is 56.2 Å². The van der Waals surface area contributed by atoms with Gasteiger partial charge in [0.2, 0.25) is 0 Å². The van der Waals surface area contributed by atoms with Crippen LogP contribution in [0.2, 0.25) is 18.1 Å². The fourth-order valence-corrected chi connectivity index (χ4v) is 5.04. The van der Waals surface area contributed by atoms with Gasteiger partial charge in [0, 0.05) is 12.8 Å². The van der Waals surface area contributed by atoms with Crippen LogP contribution in [0.5, 0.6) is 0 Å². The summed E-state index contributed by atoms with van der Waals surface area (Å²) in [5.41, 5.74) is 0.850. The highest BCUT2D eigenvalue weighted by molar-refractivity contribution is 6.74. The number of aliphatic hydroxyl groups excluding tert-OH is 1. The molecule has 0 spiro atoms. The van der Waals surface area contributed by atoms with Crippen LogP contribution < -0.4 is 0 Å². The average molecular weight is 491 g/mol. The van der Waals surface area contributed by atoms with E-state index < -0.39 is 20.5 Å². The number of aliphatic hydroxyl groups is 1.